The second kappa shape index (κ2) is 11.9. The molecular weight excluding hydrogens is 693 g/mol. The SMILES string of the molecule is CCS(=O)(=O)c1ccc(Cl)cc1Cn1c(=O)[nH]c2c(Br)c(CN3CCC(NS(C)(=O)=O)C3)c(OC(F)(F)F)cc2c1=O. The number of ether oxygens (including phenoxy) is 1. The quantitative estimate of drug-likeness (QED) is 0.344. The molecule has 1 aliphatic heterocycles. The lowest BCUT2D eigenvalue weighted by atomic mass is 10.1. The van der Waals surface area contributed by atoms with Gasteiger partial charge in [0.1, 0.15) is 5.75 Å². The number of H-pyrrole nitrogens is 1. The highest BCUT2D eigenvalue weighted by Gasteiger charge is 2.34. The molecule has 3 aromatic rings. The molecule has 2 N–H and O–H groups in total. The Balaban J connectivity index is 1.82. The van der Waals surface area contributed by atoms with Crippen molar-refractivity contribution in [3.63, 3.8) is 0 Å². The van der Waals surface area contributed by atoms with E-state index in [1.807, 2.05) is 0 Å². The number of aromatic nitrogens is 2. The number of hydrogen-bond acceptors (Lipinski definition) is 8. The number of benzene rings is 2. The molecule has 1 unspecified atom stereocenters. The van der Waals surface area contributed by atoms with Gasteiger partial charge in [0.25, 0.3) is 5.56 Å². The maximum absolute atomic E-state index is 13.5. The van der Waals surface area contributed by atoms with Crippen molar-refractivity contribution in [2.24, 2.45) is 0 Å². The number of nitrogens with zero attached hydrogens (tertiary/aromatic N) is 2. The van der Waals surface area contributed by atoms with Gasteiger partial charge in [0.2, 0.25) is 10.0 Å². The molecule has 1 aromatic heterocycles. The van der Waals surface area contributed by atoms with Crippen molar-refractivity contribution < 1.29 is 34.7 Å². The van der Waals surface area contributed by atoms with Gasteiger partial charge in [-0.25, -0.2) is 26.4 Å². The molecule has 11 nitrogen and oxygen atoms in total. The Hall–Kier alpha value is -2.44. The van der Waals surface area contributed by atoms with E-state index in [-0.39, 0.29) is 55.3 Å². The summed E-state index contributed by atoms with van der Waals surface area (Å²) in [5, 5.41) is -0.182. The van der Waals surface area contributed by atoms with Crippen LogP contribution in [0.15, 0.2) is 43.2 Å². The van der Waals surface area contributed by atoms with Crippen molar-refractivity contribution >= 4 is 58.3 Å². The normalized spacial score (nSPS) is 16.8. The molecule has 2 aromatic carbocycles. The molecule has 1 fully saturated rings. The van der Waals surface area contributed by atoms with Gasteiger partial charge in [-0.2, -0.15) is 0 Å². The number of aromatic amines is 1. The molecule has 0 aliphatic carbocycles. The summed E-state index contributed by atoms with van der Waals surface area (Å²) in [5.41, 5.74) is -2.01. The first-order valence-corrected chi connectivity index (χ1v) is 17.0. The predicted molar refractivity (Wildman–Crippen MR) is 153 cm³/mol. The number of likely N-dealkylation sites (tertiary alicyclic amines) is 1. The zero-order valence-corrected chi connectivity index (χ0v) is 26.1. The fourth-order valence-corrected chi connectivity index (χ4v) is 7.51. The smallest absolute Gasteiger partial charge is 0.405 e. The summed E-state index contributed by atoms with van der Waals surface area (Å²) in [6.45, 7) is 1.31. The first-order chi connectivity index (χ1) is 19.4. The predicted octanol–water partition coefficient (Wildman–Crippen LogP) is 2.97. The first kappa shape index (κ1) is 32.5. The van der Waals surface area contributed by atoms with Crippen molar-refractivity contribution in [3.05, 3.63) is 65.7 Å². The van der Waals surface area contributed by atoms with Gasteiger partial charge in [-0.3, -0.25) is 14.3 Å². The molecule has 0 radical (unpaired) electrons. The van der Waals surface area contributed by atoms with Gasteiger partial charge in [-0.1, -0.05) is 18.5 Å². The van der Waals surface area contributed by atoms with Crippen LogP contribution in [0.2, 0.25) is 5.02 Å². The minimum absolute atomic E-state index is 0.0289. The Morgan fingerprint density at radius 3 is 2.48 bits per heavy atom. The van der Waals surface area contributed by atoms with Crippen molar-refractivity contribution in [2.75, 3.05) is 25.1 Å². The largest absolute Gasteiger partial charge is 0.573 e. The van der Waals surface area contributed by atoms with Gasteiger partial charge in [0.05, 0.1) is 38.8 Å². The fraction of sp³-hybridized carbons (Fsp3) is 0.417. The minimum Gasteiger partial charge on any atom is -0.405 e. The highest BCUT2D eigenvalue weighted by Crippen LogP contribution is 2.37. The van der Waals surface area contributed by atoms with Gasteiger partial charge in [0, 0.05) is 36.3 Å². The number of halogens is 5. The third-order valence-electron chi connectivity index (χ3n) is 6.61. The Morgan fingerprint density at radius 2 is 1.86 bits per heavy atom. The van der Waals surface area contributed by atoms with E-state index in [2.05, 4.69) is 30.4 Å². The van der Waals surface area contributed by atoms with Crippen LogP contribution in [0.3, 0.4) is 0 Å². The van der Waals surface area contributed by atoms with E-state index >= 15 is 0 Å². The number of hydrogen-bond donors (Lipinski definition) is 2. The average molecular weight is 718 g/mol. The van der Waals surface area contributed by atoms with Crippen molar-refractivity contribution in [1.29, 1.82) is 0 Å². The number of sulfonamides is 1. The Labute approximate surface area is 251 Å². The van der Waals surface area contributed by atoms with E-state index in [0.29, 0.717) is 17.5 Å². The van der Waals surface area contributed by atoms with Crippen LogP contribution in [0.1, 0.15) is 24.5 Å². The topological polar surface area (TPSA) is 148 Å². The van der Waals surface area contributed by atoms with Crippen molar-refractivity contribution in [2.45, 2.75) is 43.7 Å². The van der Waals surface area contributed by atoms with Crippen molar-refractivity contribution in [1.82, 2.24) is 19.2 Å². The van der Waals surface area contributed by atoms with Crippen LogP contribution in [0.25, 0.3) is 10.9 Å². The van der Waals surface area contributed by atoms with E-state index in [9.17, 15) is 39.6 Å². The molecule has 0 spiro atoms. The summed E-state index contributed by atoms with van der Waals surface area (Å²) in [6, 6.07) is 4.30. The monoisotopic (exact) mass is 716 g/mol. The lowest BCUT2D eigenvalue weighted by Gasteiger charge is -2.21. The standard InChI is InChI=1S/C24H25BrClF3N4O7S2/c1-3-42(38,39)19-5-4-14(26)8-13(19)10-33-22(34)16-9-18(40-24(27,28)29)17(20(25)21(16)30-23(33)35)12-32-7-6-15(11-32)31-41(2,36)37/h4-5,8-9,15,31H,3,6-7,10-12H2,1-2H3,(H,30,35). The molecule has 2 heterocycles. The Kier molecular flexibility index (Phi) is 9.21. The van der Waals surface area contributed by atoms with E-state index in [0.717, 1.165) is 12.3 Å². The Morgan fingerprint density at radius 1 is 1.17 bits per heavy atom. The highest BCUT2D eigenvalue weighted by atomic mass is 79.9. The number of alkyl halides is 3. The maximum Gasteiger partial charge on any atom is 0.573 e. The molecule has 0 bridgehead atoms. The number of fused-ring (bicyclic) bond motifs is 1. The summed E-state index contributed by atoms with van der Waals surface area (Å²) in [4.78, 5) is 30.6. The number of rotatable bonds is 9. The van der Waals surface area contributed by atoms with Crippen LogP contribution in [0.4, 0.5) is 13.2 Å². The zero-order valence-electron chi connectivity index (χ0n) is 22.1. The third kappa shape index (κ3) is 7.37. The van der Waals surface area contributed by atoms with E-state index < -0.39 is 55.8 Å². The van der Waals surface area contributed by atoms with Crippen LogP contribution in [-0.4, -0.2) is 68.8 Å². The lowest BCUT2D eigenvalue weighted by molar-refractivity contribution is -0.275. The fourth-order valence-electron chi connectivity index (χ4n) is 4.78. The molecule has 0 saturated carbocycles. The van der Waals surface area contributed by atoms with Crippen molar-refractivity contribution in [3.8, 4) is 5.75 Å². The molecular formula is C24H25BrClF3N4O7S2. The summed E-state index contributed by atoms with van der Waals surface area (Å²) < 4.78 is 96.1. The summed E-state index contributed by atoms with van der Waals surface area (Å²) >= 11 is 9.27. The second-order valence-corrected chi connectivity index (χ2v) is 15.0. The first-order valence-electron chi connectivity index (χ1n) is 12.3. The van der Waals surface area contributed by atoms with Crippen LogP contribution in [0.5, 0.6) is 5.75 Å². The molecule has 4 rings (SSSR count). The van der Waals surface area contributed by atoms with Crippen LogP contribution >= 0.6 is 27.5 Å². The minimum atomic E-state index is -5.13. The van der Waals surface area contributed by atoms with Gasteiger partial charge in [-0.15, -0.1) is 13.2 Å². The summed E-state index contributed by atoms with van der Waals surface area (Å²) in [6.07, 6.45) is -3.71. The molecule has 1 aliphatic rings. The summed E-state index contributed by atoms with van der Waals surface area (Å²) in [5.74, 6) is -0.963. The van der Waals surface area contributed by atoms with Gasteiger partial charge < -0.3 is 9.72 Å². The molecule has 230 valence electrons. The number of nitrogens with one attached hydrogen (secondary N) is 2. The molecule has 0 amide bonds. The van der Waals surface area contributed by atoms with Crippen LogP contribution in [-0.2, 0) is 33.0 Å². The molecule has 1 atom stereocenters. The third-order valence-corrected chi connectivity index (χ3v) is 10.3. The molecule has 1 saturated heterocycles. The van der Waals surface area contributed by atoms with Crippen LogP contribution in [0, 0.1) is 0 Å². The molecule has 18 heteroatoms. The number of sulfone groups is 1. The highest BCUT2D eigenvalue weighted by molar-refractivity contribution is 9.10. The average Bonchev–Trinajstić information content (AvgIpc) is 3.29. The van der Waals surface area contributed by atoms with E-state index in [4.69, 9.17) is 11.6 Å². The second-order valence-electron chi connectivity index (χ2n) is 9.73. The maximum atomic E-state index is 13.5. The summed E-state index contributed by atoms with van der Waals surface area (Å²) in [7, 11) is -7.28. The van der Waals surface area contributed by atoms with Gasteiger partial charge >= 0.3 is 12.1 Å². The van der Waals surface area contributed by atoms with E-state index in [1.165, 1.54) is 25.1 Å². The zero-order chi connectivity index (χ0) is 31.2. The van der Waals surface area contributed by atoms with Gasteiger partial charge in [-0.05, 0) is 52.2 Å². The van der Waals surface area contributed by atoms with Gasteiger partial charge in [0.15, 0.2) is 9.84 Å². The van der Waals surface area contributed by atoms with E-state index in [1.54, 1.807) is 4.90 Å². The van der Waals surface area contributed by atoms with Crippen LogP contribution < -0.4 is 20.7 Å². The Bertz CT molecular complexity index is 1880. The molecule has 42 heavy (non-hydrogen) atoms. The lowest BCUT2D eigenvalue weighted by Crippen LogP contribution is -2.36.